The Labute approximate surface area is 112 Å². The summed E-state index contributed by atoms with van der Waals surface area (Å²) in [7, 11) is 0. The first-order chi connectivity index (χ1) is 9.04. The van der Waals surface area contributed by atoms with Crippen LogP contribution in [0.1, 0.15) is 28.0 Å². The Kier molecular flexibility index (Phi) is 2.82. The van der Waals surface area contributed by atoms with E-state index in [1.807, 2.05) is 13.0 Å². The van der Waals surface area contributed by atoms with Gasteiger partial charge in [-0.25, -0.2) is 0 Å². The minimum atomic E-state index is -0.377. The van der Waals surface area contributed by atoms with Gasteiger partial charge in [-0.1, -0.05) is 6.07 Å². The number of rotatable bonds is 1. The summed E-state index contributed by atoms with van der Waals surface area (Å²) < 4.78 is 0. The van der Waals surface area contributed by atoms with Gasteiger partial charge in [0.05, 0.1) is 6.10 Å². The van der Waals surface area contributed by atoms with Crippen LogP contribution in [0, 0.1) is 13.8 Å². The molecule has 4 heteroatoms. The standard InChI is InChI=1S/C15H18N2O2/c1-9-5-10(2)12-7-14(16-13(12)6-9)15(19)17-4-3-11(18)8-17/h5-7,11,16,18H,3-4,8H2,1-2H3/t11-/m1/s1. The number of nitrogens with one attached hydrogen (secondary N) is 1. The molecule has 2 heterocycles. The summed E-state index contributed by atoms with van der Waals surface area (Å²) in [5, 5.41) is 10.6. The van der Waals surface area contributed by atoms with Crippen LogP contribution in [-0.4, -0.2) is 40.1 Å². The molecule has 1 aromatic carbocycles. The molecule has 0 bridgehead atoms. The molecule has 1 aromatic heterocycles. The number of aliphatic hydroxyl groups excluding tert-OH is 1. The molecule has 2 aromatic rings. The average molecular weight is 258 g/mol. The minimum absolute atomic E-state index is 0.0233. The van der Waals surface area contributed by atoms with E-state index in [1.165, 1.54) is 11.1 Å². The zero-order valence-electron chi connectivity index (χ0n) is 11.2. The molecule has 0 aliphatic carbocycles. The molecule has 1 atom stereocenters. The highest BCUT2D eigenvalue weighted by atomic mass is 16.3. The van der Waals surface area contributed by atoms with Crippen LogP contribution >= 0.6 is 0 Å². The fourth-order valence-electron chi connectivity index (χ4n) is 2.81. The molecule has 2 N–H and O–H groups in total. The number of aromatic amines is 1. The Morgan fingerprint density at radius 2 is 2.16 bits per heavy atom. The van der Waals surface area contributed by atoms with E-state index in [-0.39, 0.29) is 12.0 Å². The Morgan fingerprint density at radius 1 is 1.37 bits per heavy atom. The van der Waals surface area contributed by atoms with Gasteiger partial charge in [0, 0.05) is 24.0 Å². The fourth-order valence-corrected chi connectivity index (χ4v) is 2.81. The van der Waals surface area contributed by atoms with Crippen molar-refractivity contribution in [2.75, 3.05) is 13.1 Å². The van der Waals surface area contributed by atoms with Gasteiger partial charge in [0.2, 0.25) is 0 Å². The highest BCUT2D eigenvalue weighted by molar-refractivity contribution is 5.99. The number of amides is 1. The van der Waals surface area contributed by atoms with E-state index in [2.05, 4.69) is 24.0 Å². The molecule has 0 spiro atoms. The maximum Gasteiger partial charge on any atom is 0.270 e. The van der Waals surface area contributed by atoms with Crippen molar-refractivity contribution in [3.63, 3.8) is 0 Å². The van der Waals surface area contributed by atoms with E-state index in [4.69, 9.17) is 0 Å². The number of hydrogen-bond acceptors (Lipinski definition) is 2. The molecular weight excluding hydrogens is 240 g/mol. The highest BCUT2D eigenvalue weighted by Gasteiger charge is 2.26. The van der Waals surface area contributed by atoms with Crippen molar-refractivity contribution in [2.45, 2.75) is 26.4 Å². The molecule has 3 rings (SSSR count). The van der Waals surface area contributed by atoms with Gasteiger partial charge in [-0.2, -0.15) is 0 Å². The van der Waals surface area contributed by atoms with Crippen molar-refractivity contribution < 1.29 is 9.90 Å². The maximum atomic E-state index is 12.3. The van der Waals surface area contributed by atoms with E-state index < -0.39 is 0 Å². The normalized spacial score (nSPS) is 19.3. The topological polar surface area (TPSA) is 56.3 Å². The summed E-state index contributed by atoms with van der Waals surface area (Å²) in [5.41, 5.74) is 3.97. The first kappa shape index (κ1) is 12.2. The van der Waals surface area contributed by atoms with Crippen molar-refractivity contribution >= 4 is 16.8 Å². The molecule has 1 aliphatic rings. The van der Waals surface area contributed by atoms with Crippen LogP contribution in [0.4, 0.5) is 0 Å². The average Bonchev–Trinajstić information content (AvgIpc) is 2.94. The predicted molar refractivity (Wildman–Crippen MR) is 74.3 cm³/mol. The van der Waals surface area contributed by atoms with Gasteiger partial charge in [0.1, 0.15) is 5.69 Å². The third kappa shape index (κ3) is 2.12. The van der Waals surface area contributed by atoms with Gasteiger partial charge in [-0.15, -0.1) is 0 Å². The second-order valence-corrected chi connectivity index (χ2v) is 5.42. The molecule has 0 radical (unpaired) electrons. The minimum Gasteiger partial charge on any atom is -0.391 e. The highest BCUT2D eigenvalue weighted by Crippen LogP contribution is 2.23. The van der Waals surface area contributed by atoms with Gasteiger partial charge < -0.3 is 15.0 Å². The first-order valence-corrected chi connectivity index (χ1v) is 6.62. The van der Waals surface area contributed by atoms with Crippen molar-refractivity contribution in [3.8, 4) is 0 Å². The number of carbonyl (C=O) groups is 1. The number of nitrogens with zero attached hydrogens (tertiary/aromatic N) is 1. The number of fused-ring (bicyclic) bond motifs is 1. The summed E-state index contributed by atoms with van der Waals surface area (Å²) in [6.07, 6.45) is 0.293. The van der Waals surface area contributed by atoms with Gasteiger partial charge >= 0.3 is 0 Å². The zero-order chi connectivity index (χ0) is 13.6. The third-order valence-corrected chi connectivity index (χ3v) is 3.77. The van der Waals surface area contributed by atoms with E-state index in [0.29, 0.717) is 25.2 Å². The Bertz CT molecular complexity index is 645. The predicted octanol–water partition coefficient (Wildman–Crippen LogP) is 1.99. The lowest BCUT2D eigenvalue weighted by Crippen LogP contribution is -2.29. The summed E-state index contributed by atoms with van der Waals surface area (Å²) >= 11 is 0. The van der Waals surface area contributed by atoms with E-state index in [1.54, 1.807) is 4.90 Å². The second kappa shape index (κ2) is 4.38. The van der Waals surface area contributed by atoms with Crippen LogP contribution in [0.25, 0.3) is 10.9 Å². The molecule has 1 saturated heterocycles. The molecular formula is C15H18N2O2. The van der Waals surface area contributed by atoms with Crippen LogP contribution in [0.3, 0.4) is 0 Å². The van der Waals surface area contributed by atoms with E-state index in [9.17, 15) is 9.90 Å². The van der Waals surface area contributed by atoms with Crippen LogP contribution in [0.15, 0.2) is 18.2 Å². The molecule has 0 saturated carbocycles. The number of benzene rings is 1. The largest absolute Gasteiger partial charge is 0.391 e. The monoisotopic (exact) mass is 258 g/mol. The van der Waals surface area contributed by atoms with Crippen LogP contribution in [0.2, 0.25) is 0 Å². The molecule has 4 nitrogen and oxygen atoms in total. The number of likely N-dealkylation sites (tertiary alicyclic amines) is 1. The van der Waals surface area contributed by atoms with Crippen LogP contribution in [0.5, 0.6) is 0 Å². The SMILES string of the molecule is Cc1cc(C)c2cc(C(=O)N3CC[C@@H](O)C3)[nH]c2c1. The third-order valence-electron chi connectivity index (χ3n) is 3.77. The number of aryl methyl sites for hydroxylation is 2. The number of hydrogen-bond donors (Lipinski definition) is 2. The Hall–Kier alpha value is -1.81. The lowest BCUT2D eigenvalue weighted by molar-refractivity contribution is 0.0760. The van der Waals surface area contributed by atoms with Crippen molar-refractivity contribution in [2.24, 2.45) is 0 Å². The van der Waals surface area contributed by atoms with Gasteiger partial charge in [-0.3, -0.25) is 4.79 Å². The smallest absolute Gasteiger partial charge is 0.270 e. The fraction of sp³-hybridized carbons (Fsp3) is 0.400. The maximum absolute atomic E-state index is 12.3. The van der Waals surface area contributed by atoms with Crippen LogP contribution < -0.4 is 0 Å². The molecule has 1 fully saturated rings. The summed E-state index contributed by atoms with van der Waals surface area (Å²) in [4.78, 5) is 17.2. The molecule has 0 unspecified atom stereocenters. The van der Waals surface area contributed by atoms with Crippen molar-refractivity contribution in [3.05, 3.63) is 35.0 Å². The van der Waals surface area contributed by atoms with Crippen LogP contribution in [-0.2, 0) is 0 Å². The Morgan fingerprint density at radius 3 is 2.84 bits per heavy atom. The molecule has 100 valence electrons. The summed E-state index contributed by atoms with van der Waals surface area (Å²) in [5.74, 6) is -0.0233. The Balaban J connectivity index is 1.97. The van der Waals surface area contributed by atoms with Crippen molar-refractivity contribution in [1.29, 1.82) is 0 Å². The van der Waals surface area contributed by atoms with Gasteiger partial charge in [-0.05, 0) is 43.5 Å². The van der Waals surface area contributed by atoms with Crippen molar-refractivity contribution in [1.82, 2.24) is 9.88 Å². The van der Waals surface area contributed by atoms with E-state index in [0.717, 1.165) is 10.9 Å². The number of β-amino-alcohol motifs (C(OH)–C–C–N with tert-alkyl or cyclic N) is 1. The number of H-pyrrole nitrogens is 1. The van der Waals surface area contributed by atoms with Gasteiger partial charge in [0.15, 0.2) is 0 Å². The lowest BCUT2D eigenvalue weighted by atomic mass is 10.1. The molecule has 1 aliphatic heterocycles. The van der Waals surface area contributed by atoms with E-state index >= 15 is 0 Å². The molecule has 1 amide bonds. The first-order valence-electron chi connectivity index (χ1n) is 6.62. The summed E-state index contributed by atoms with van der Waals surface area (Å²) in [6, 6.07) is 6.08. The zero-order valence-corrected chi connectivity index (χ0v) is 11.2. The molecule has 19 heavy (non-hydrogen) atoms. The number of aromatic nitrogens is 1. The summed E-state index contributed by atoms with van der Waals surface area (Å²) in [6.45, 7) is 5.17. The number of carbonyl (C=O) groups excluding carboxylic acids is 1. The quantitative estimate of drug-likeness (QED) is 0.822. The second-order valence-electron chi connectivity index (χ2n) is 5.42. The lowest BCUT2D eigenvalue weighted by Gasteiger charge is -2.13. The number of aliphatic hydroxyl groups is 1. The van der Waals surface area contributed by atoms with Gasteiger partial charge in [0.25, 0.3) is 5.91 Å².